The molecule has 0 aromatic carbocycles. The number of terminal acetylenes is 1. The van der Waals surface area contributed by atoms with E-state index >= 15 is 0 Å². The van der Waals surface area contributed by atoms with Crippen molar-refractivity contribution < 1.29 is 9.53 Å². The minimum absolute atomic E-state index is 0.134. The van der Waals surface area contributed by atoms with Crippen molar-refractivity contribution in [2.75, 3.05) is 13.2 Å². The smallest absolute Gasteiger partial charge is 0.323 e. The number of ether oxygens (including phenoxy) is 1. The average molecular weight is 223 g/mol. The molecule has 1 atom stereocenters. The maximum absolute atomic E-state index is 11.8. The van der Waals surface area contributed by atoms with Crippen molar-refractivity contribution in [3.05, 3.63) is 0 Å². The lowest BCUT2D eigenvalue weighted by atomic mass is 9.94. The third-order valence-electron chi connectivity index (χ3n) is 3.13. The molecule has 1 fully saturated rings. The summed E-state index contributed by atoms with van der Waals surface area (Å²) < 4.78 is 5.10. The zero-order chi connectivity index (χ0) is 12.2. The normalized spacial score (nSPS) is 22.5. The third-order valence-corrected chi connectivity index (χ3v) is 3.13. The molecule has 1 heterocycles. The Bertz CT molecular complexity index is 291. The molecule has 0 saturated carbocycles. The number of nitrogens with zero attached hydrogens (tertiary/aromatic N) is 1. The van der Waals surface area contributed by atoms with Crippen molar-refractivity contribution in [3.63, 3.8) is 0 Å². The lowest BCUT2D eigenvalue weighted by Gasteiger charge is -2.42. The molecule has 0 radical (unpaired) electrons. The molecule has 0 aromatic rings. The Hall–Kier alpha value is -1.01. The Balaban J connectivity index is 2.80. The number of piperidine rings is 1. The van der Waals surface area contributed by atoms with Crippen LogP contribution in [0.2, 0.25) is 0 Å². The van der Waals surface area contributed by atoms with Crippen LogP contribution in [0.15, 0.2) is 0 Å². The van der Waals surface area contributed by atoms with Gasteiger partial charge in [0, 0.05) is 6.54 Å². The van der Waals surface area contributed by atoms with E-state index in [2.05, 4.69) is 10.8 Å². The summed E-state index contributed by atoms with van der Waals surface area (Å²) in [6, 6.07) is -0.167. The first kappa shape index (κ1) is 13.1. The Labute approximate surface area is 98.1 Å². The topological polar surface area (TPSA) is 29.5 Å². The maximum atomic E-state index is 11.8. The Kier molecular flexibility index (Phi) is 4.37. The molecule has 0 aliphatic carbocycles. The van der Waals surface area contributed by atoms with E-state index in [0.717, 1.165) is 25.8 Å². The van der Waals surface area contributed by atoms with Crippen LogP contribution in [0.5, 0.6) is 0 Å². The minimum Gasteiger partial charge on any atom is -0.465 e. The van der Waals surface area contributed by atoms with Crippen molar-refractivity contribution in [2.45, 2.75) is 51.6 Å². The van der Waals surface area contributed by atoms with E-state index in [1.807, 2.05) is 20.8 Å². The monoisotopic (exact) mass is 223 g/mol. The predicted molar refractivity (Wildman–Crippen MR) is 63.9 cm³/mol. The van der Waals surface area contributed by atoms with Gasteiger partial charge in [-0.1, -0.05) is 12.3 Å². The molecular formula is C13H21NO2. The van der Waals surface area contributed by atoms with Crippen molar-refractivity contribution in [3.8, 4) is 12.3 Å². The van der Waals surface area contributed by atoms with Crippen LogP contribution in [0.4, 0.5) is 0 Å². The second-order valence-electron chi connectivity index (χ2n) is 4.66. The van der Waals surface area contributed by atoms with Crippen molar-refractivity contribution >= 4 is 5.97 Å². The molecule has 3 heteroatoms. The molecule has 0 aromatic heterocycles. The zero-order valence-electron chi connectivity index (χ0n) is 10.5. The first-order valence-electron chi connectivity index (χ1n) is 5.94. The summed E-state index contributed by atoms with van der Waals surface area (Å²) >= 11 is 0. The largest absolute Gasteiger partial charge is 0.465 e. The number of esters is 1. The summed E-state index contributed by atoms with van der Waals surface area (Å²) in [4.78, 5) is 13.9. The van der Waals surface area contributed by atoms with E-state index in [1.54, 1.807) is 0 Å². The van der Waals surface area contributed by atoms with Crippen LogP contribution in [0.1, 0.15) is 40.0 Å². The average Bonchev–Trinajstić information content (AvgIpc) is 2.29. The van der Waals surface area contributed by atoms with Gasteiger partial charge in [-0.15, -0.1) is 6.42 Å². The maximum Gasteiger partial charge on any atom is 0.323 e. The van der Waals surface area contributed by atoms with Gasteiger partial charge in [0.1, 0.15) is 6.04 Å². The number of rotatable bonds is 3. The molecule has 0 N–H and O–H groups in total. The van der Waals surface area contributed by atoms with Gasteiger partial charge in [-0.25, -0.2) is 0 Å². The number of carbonyl (C=O) groups is 1. The Morgan fingerprint density at radius 3 is 2.81 bits per heavy atom. The van der Waals surface area contributed by atoms with Crippen LogP contribution >= 0.6 is 0 Å². The van der Waals surface area contributed by atoms with Crippen LogP contribution in [0, 0.1) is 12.3 Å². The van der Waals surface area contributed by atoms with E-state index in [4.69, 9.17) is 11.2 Å². The highest BCUT2D eigenvalue weighted by Gasteiger charge is 2.37. The van der Waals surface area contributed by atoms with Crippen LogP contribution in [-0.4, -0.2) is 35.6 Å². The lowest BCUT2D eigenvalue weighted by Crippen LogP contribution is -2.55. The SMILES string of the molecule is C#CC(C)(C)N1CCCCC1C(=O)OCC. The van der Waals surface area contributed by atoms with Gasteiger partial charge in [-0.2, -0.15) is 0 Å². The van der Waals surface area contributed by atoms with Gasteiger partial charge in [0.15, 0.2) is 0 Å². The minimum atomic E-state index is -0.377. The number of carbonyl (C=O) groups excluding carboxylic acids is 1. The molecule has 1 aliphatic rings. The molecule has 1 saturated heterocycles. The highest BCUT2D eigenvalue weighted by Crippen LogP contribution is 2.26. The highest BCUT2D eigenvalue weighted by molar-refractivity contribution is 5.76. The molecule has 3 nitrogen and oxygen atoms in total. The van der Waals surface area contributed by atoms with Crippen molar-refractivity contribution in [1.82, 2.24) is 4.90 Å². The molecule has 0 bridgehead atoms. The number of hydrogen-bond acceptors (Lipinski definition) is 3. The zero-order valence-corrected chi connectivity index (χ0v) is 10.5. The molecule has 90 valence electrons. The highest BCUT2D eigenvalue weighted by atomic mass is 16.5. The van der Waals surface area contributed by atoms with Gasteiger partial charge < -0.3 is 4.74 Å². The molecular weight excluding hydrogens is 202 g/mol. The first-order chi connectivity index (χ1) is 7.53. The fourth-order valence-electron chi connectivity index (χ4n) is 2.17. The molecule has 1 unspecified atom stereocenters. The van der Waals surface area contributed by atoms with Crippen LogP contribution < -0.4 is 0 Å². The third kappa shape index (κ3) is 2.76. The van der Waals surface area contributed by atoms with Gasteiger partial charge >= 0.3 is 5.97 Å². The van der Waals surface area contributed by atoms with E-state index in [-0.39, 0.29) is 17.6 Å². The van der Waals surface area contributed by atoms with E-state index in [1.165, 1.54) is 0 Å². The van der Waals surface area contributed by atoms with E-state index < -0.39 is 0 Å². The van der Waals surface area contributed by atoms with Crippen LogP contribution in [-0.2, 0) is 9.53 Å². The number of likely N-dealkylation sites (tertiary alicyclic amines) is 1. The second kappa shape index (κ2) is 5.36. The van der Waals surface area contributed by atoms with Gasteiger partial charge in [-0.05, 0) is 33.6 Å². The quantitative estimate of drug-likeness (QED) is 0.540. The molecule has 0 spiro atoms. The molecule has 1 rings (SSSR count). The second-order valence-corrected chi connectivity index (χ2v) is 4.66. The molecule has 0 amide bonds. The fraction of sp³-hybridized carbons (Fsp3) is 0.769. The summed E-state index contributed by atoms with van der Waals surface area (Å²) in [6.07, 6.45) is 8.55. The first-order valence-corrected chi connectivity index (χ1v) is 5.94. The summed E-state index contributed by atoms with van der Waals surface area (Å²) in [5.41, 5.74) is -0.377. The number of hydrogen-bond donors (Lipinski definition) is 0. The van der Waals surface area contributed by atoms with Gasteiger partial charge in [0.25, 0.3) is 0 Å². The fourth-order valence-corrected chi connectivity index (χ4v) is 2.17. The summed E-state index contributed by atoms with van der Waals surface area (Å²) in [7, 11) is 0. The van der Waals surface area contributed by atoms with Crippen LogP contribution in [0.25, 0.3) is 0 Å². The predicted octanol–water partition coefficient (Wildman–Crippen LogP) is 1.82. The molecule has 1 aliphatic heterocycles. The van der Waals surface area contributed by atoms with Crippen molar-refractivity contribution in [1.29, 1.82) is 0 Å². The summed E-state index contributed by atoms with van der Waals surface area (Å²) in [5.74, 6) is 2.62. The summed E-state index contributed by atoms with van der Waals surface area (Å²) in [6.45, 7) is 7.09. The van der Waals surface area contributed by atoms with Crippen molar-refractivity contribution in [2.24, 2.45) is 0 Å². The van der Waals surface area contributed by atoms with Gasteiger partial charge in [0.05, 0.1) is 12.1 Å². The Morgan fingerprint density at radius 1 is 1.56 bits per heavy atom. The van der Waals surface area contributed by atoms with E-state index in [0.29, 0.717) is 6.61 Å². The molecule has 16 heavy (non-hydrogen) atoms. The van der Waals surface area contributed by atoms with Crippen LogP contribution in [0.3, 0.4) is 0 Å². The van der Waals surface area contributed by atoms with Gasteiger partial charge in [0.2, 0.25) is 0 Å². The van der Waals surface area contributed by atoms with Gasteiger partial charge in [-0.3, -0.25) is 9.69 Å². The van der Waals surface area contributed by atoms with E-state index in [9.17, 15) is 4.79 Å². The standard InChI is InChI=1S/C13H21NO2/c1-5-13(3,4)14-10-8-7-9-11(14)12(15)16-6-2/h1,11H,6-10H2,2-4H3. The lowest BCUT2D eigenvalue weighted by molar-refractivity contribution is -0.152. The Morgan fingerprint density at radius 2 is 2.25 bits per heavy atom. The summed E-state index contributed by atoms with van der Waals surface area (Å²) in [5, 5.41) is 0.